The van der Waals surface area contributed by atoms with Crippen LogP contribution in [0.2, 0.25) is 0 Å². The minimum atomic E-state index is -0.514. The number of hydrogen-bond donors (Lipinski definition) is 5. The van der Waals surface area contributed by atoms with Crippen molar-refractivity contribution in [3.05, 3.63) is 123 Å². The molecule has 12 aliphatic rings. The van der Waals surface area contributed by atoms with Crippen molar-refractivity contribution in [3.8, 4) is 0 Å². The summed E-state index contributed by atoms with van der Waals surface area (Å²) in [5.41, 5.74) is 9.96. The van der Waals surface area contributed by atoms with Crippen LogP contribution in [0.1, 0.15) is 139 Å². The summed E-state index contributed by atoms with van der Waals surface area (Å²) >= 11 is 0. The topological polar surface area (TPSA) is 352 Å². The lowest BCUT2D eigenvalue weighted by Crippen LogP contribution is -2.61. The summed E-state index contributed by atoms with van der Waals surface area (Å²) < 4.78 is 21.4. The van der Waals surface area contributed by atoms with Gasteiger partial charge in [-0.1, -0.05) is 0 Å². The van der Waals surface area contributed by atoms with Gasteiger partial charge in [-0.2, -0.15) is 30.2 Å². The quantitative estimate of drug-likeness (QED) is 0.0680. The number of anilines is 6. The molecule has 0 aromatic carbocycles. The van der Waals surface area contributed by atoms with Crippen LogP contribution in [0.15, 0.2) is 88.7 Å². The first-order valence-corrected chi connectivity index (χ1v) is 37.0. The van der Waals surface area contributed by atoms with Crippen molar-refractivity contribution < 1.29 is 19.7 Å². The van der Waals surface area contributed by atoms with E-state index in [4.69, 9.17) is 19.7 Å². The number of aromatic nitrogens is 21. The number of fused-ring (bicyclic) bond motifs is 6. The van der Waals surface area contributed by atoms with Gasteiger partial charge in [0.05, 0.1) is 82.9 Å². The largest absolute Gasteiger partial charge is 0.466 e. The van der Waals surface area contributed by atoms with Gasteiger partial charge in [0, 0.05) is 34.4 Å². The normalized spacial score (nSPS) is 29.4. The Labute approximate surface area is 600 Å². The van der Waals surface area contributed by atoms with E-state index in [0.29, 0.717) is 88.8 Å². The molecule has 12 bridgehead atoms. The number of carbonyl (C=O) groups is 1. The predicted molar refractivity (Wildman–Crippen MR) is 387 cm³/mol. The molecule has 0 saturated heterocycles. The van der Waals surface area contributed by atoms with E-state index in [2.05, 4.69) is 61.2 Å². The van der Waals surface area contributed by atoms with Crippen molar-refractivity contribution in [2.45, 2.75) is 160 Å². The number of ether oxygens (including phenoxy) is 1. The minimum absolute atomic E-state index is 0.0447. The predicted octanol–water partition coefficient (Wildman–Crippen LogP) is 8.11. The van der Waals surface area contributed by atoms with Crippen molar-refractivity contribution >= 4 is 91.3 Å². The second kappa shape index (κ2) is 23.3. The molecule has 0 radical (unpaired) electrons. The number of pyridine rings is 3. The van der Waals surface area contributed by atoms with E-state index in [1.54, 1.807) is 67.0 Å². The average molecular weight is 1420 g/mol. The summed E-state index contributed by atoms with van der Waals surface area (Å²) in [7, 11) is 5.35. The number of nitrogens with one attached hydrogen (secondary N) is 3. The maximum atomic E-state index is 13.7. The molecular weight excluding hydrogens is 1340 g/mol. The molecular formula is C74H86N24O7. The van der Waals surface area contributed by atoms with Crippen LogP contribution in [-0.2, 0) is 47.3 Å². The van der Waals surface area contributed by atoms with E-state index >= 15 is 0 Å². The van der Waals surface area contributed by atoms with Gasteiger partial charge in [0.2, 0.25) is 17.8 Å². The first kappa shape index (κ1) is 65.5. The van der Waals surface area contributed by atoms with E-state index in [9.17, 15) is 29.4 Å². The third-order valence-electron chi connectivity index (χ3n) is 26.1. The van der Waals surface area contributed by atoms with E-state index < -0.39 is 11.0 Å². The van der Waals surface area contributed by atoms with Gasteiger partial charge in [0.15, 0.2) is 33.9 Å². The van der Waals surface area contributed by atoms with Crippen molar-refractivity contribution in [2.24, 2.45) is 72.9 Å². The van der Waals surface area contributed by atoms with Crippen LogP contribution in [0.3, 0.4) is 0 Å². The lowest BCUT2D eigenvalue weighted by Gasteiger charge is -2.61. The van der Waals surface area contributed by atoms with Crippen molar-refractivity contribution in [2.75, 3.05) is 35.8 Å². The van der Waals surface area contributed by atoms with Gasteiger partial charge in [-0.3, -0.25) is 32.2 Å². The lowest BCUT2D eigenvalue weighted by molar-refractivity contribution is -0.178. The third kappa shape index (κ3) is 10.2. The smallest absolute Gasteiger partial charge is 0.330 e. The highest BCUT2D eigenvalue weighted by atomic mass is 16.5. The Morgan fingerprint density at radius 1 is 0.467 bits per heavy atom. The fraction of sp³-hybridized carbons (Fsp3) is 0.541. The monoisotopic (exact) mass is 1420 g/mol. The Balaban J connectivity index is 0.000000108. The van der Waals surface area contributed by atoms with E-state index in [1.807, 2.05) is 78.2 Å². The Morgan fingerprint density at radius 3 is 1.10 bits per heavy atom. The minimum Gasteiger partial charge on any atom is -0.466 e. The van der Waals surface area contributed by atoms with Crippen molar-refractivity contribution in [3.63, 3.8) is 0 Å². The fourth-order valence-corrected chi connectivity index (χ4v) is 23.1. The van der Waals surface area contributed by atoms with Crippen molar-refractivity contribution in [1.82, 2.24) is 101 Å². The molecule has 12 aromatic rings. The molecule has 5 N–H and O–H groups in total. The Kier molecular flexibility index (Phi) is 14.6. The molecule has 12 saturated carbocycles. The molecule has 12 fully saturated rings. The summed E-state index contributed by atoms with van der Waals surface area (Å²) in [4.78, 5) is 95.1. The molecule has 12 aliphatic carbocycles. The van der Waals surface area contributed by atoms with Gasteiger partial charge in [0.1, 0.15) is 35.5 Å². The second-order valence-electron chi connectivity index (χ2n) is 33.3. The molecule has 6 unspecified atom stereocenters. The lowest BCUT2D eigenvalue weighted by atomic mass is 9.46. The number of imidazole rings is 3. The van der Waals surface area contributed by atoms with Crippen LogP contribution in [-0.4, -0.2) is 137 Å². The SMILES string of the molecule is CCOC(=O)C12CC3CC(C1)CC(n1c(=O)n(C)c4cnc(Nc5cn6ncnc6cc5C)nc41)(C3)C2.Cc1cc2ncnn2cc1Nc1ncc2c(n1)n(C13CC4CC(CC(CO)(C4)C1)C3)c(=O)n2C.Cc1cc2ncnn2cc1Nc1ncc2c(n1)n(C13CC4CC(CC(CO)(C4)C1)C3)c(=O)n2C. The zero-order valence-electron chi connectivity index (χ0n) is 60.1. The van der Waals surface area contributed by atoms with Crippen LogP contribution in [0.5, 0.6) is 0 Å². The number of nitrogens with zero attached hydrogens (tertiary/aromatic N) is 21. The first-order chi connectivity index (χ1) is 50.6. The standard InChI is InChI=1S/C26H30N8O3.2C24H28N8O2/c1-4-37-22(35)25-7-16-6-17(8-25)10-26(9-16,13-25)34-21-19(32(3)24(34)36)11-27-23(31-21)30-18-12-33-20(5-15(18)2)28-14-29-33;2*1-14-3-19-26-13-27-31(19)10-17(14)28-21-25-9-18-20(29-21)32(22(34)30(18)2)24-7-15-4-16(8-24)6-23(5-15,11-24)12-33/h5,11-12,14,16-17H,4,6-10,13H2,1-3H3,(H,27,30,31);2*3,9-10,13,15-16,33H,4-8,11-12H2,1-2H3,(H,25,28,29). The molecule has 12 heterocycles. The first-order valence-electron chi connectivity index (χ1n) is 37.0. The highest BCUT2D eigenvalue weighted by Crippen LogP contribution is 2.67. The maximum absolute atomic E-state index is 13.7. The molecule has 31 heteroatoms. The number of hydrogen-bond acceptors (Lipinski definition) is 22. The van der Waals surface area contributed by atoms with E-state index in [-0.39, 0.29) is 58.2 Å². The molecule has 0 spiro atoms. The Bertz CT molecular complexity index is 5500. The number of aliphatic hydroxyl groups excluding tert-OH is 2. The number of aryl methyl sites for hydroxylation is 6. The maximum Gasteiger partial charge on any atom is 0.330 e. The van der Waals surface area contributed by atoms with Crippen molar-refractivity contribution in [1.29, 1.82) is 0 Å². The highest BCUT2D eigenvalue weighted by Gasteiger charge is 2.64. The van der Waals surface area contributed by atoms with Gasteiger partial charge in [-0.15, -0.1) is 0 Å². The van der Waals surface area contributed by atoms with Crippen LogP contribution in [0, 0.1) is 72.5 Å². The second-order valence-corrected chi connectivity index (χ2v) is 33.3. The molecule has 6 atom stereocenters. The van der Waals surface area contributed by atoms with Gasteiger partial charge in [-0.25, -0.2) is 57.8 Å². The zero-order valence-corrected chi connectivity index (χ0v) is 60.1. The van der Waals surface area contributed by atoms with Gasteiger partial charge < -0.3 is 30.9 Å². The van der Waals surface area contributed by atoms with E-state index in [0.717, 1.165) is 158 Å². The van der Waals surface area contributed by atoms with Crippen LogP contribution < -0.4 is 33.0 Å². The Hall–Kier alpha value is -10.3. The number of carbonyl (C=O) groups excluding carboxylic acids is 1. The third-order valence-corrected chi connectivity index (χ3v) is 26.1. The zero-order chi connectivity index (χ0) is 72.0. The van der Waals surface area contributed by atoms with Gasteiger partial charge in [-0.05, 0) is 224 Å². The molecule has 0 aliphatic heterocycles. The molecule has 12 aromatic heterocycles. The van der Waals surface area contributed by atoms with E-state index in [1.165, 1.54) is 31.8 Å². The fourth-order valence-electron chi connectivity index (χ4n) is 23.1. The molecule has 544 valence electrons. The Morgan fingerprint density at radius 2 is 0.781 bits per heavy atom. The number of rotatable bonds is 13. The van der Waals surface area contributed by atoms with Gasteiger partial charge >= 0.3 is 23.0 Å². The molecule has 24 rings (SSSR count). The average Bonchev–Trinajstić information content (AvgIpc) is 1.69. The van der Waals surface area contributed by atoms with Crippen LogP contribution in [0.4, 0.5) is 34.9 Å². The summed E-state index contributed by atoms with van der Waals surface area (Å²) in [6, 6.07) is 5.85. The van der Waals surface area contributed by atoms with Gasteiger partial charge in [0.25, 0.3) is 0 Å². The summed E-state index contributed by atoms with van der Waals surface area (Å²) in [5, 5.41) is 43.3. The summed E-state index contributed by atoms with van der Waals surface area (Å²) in [5.74, 6) is 4.25. The number of esters is 1. The highest BCUT2D eigenvalue weighted by molar-refractivity contribution is 5.79. The van der Waals surface area contributed by atoms with Crippen LogP contribution in [0.25, 0.3) is 50.4 Å². The summed E-state index contributed by atoms with van der Waals surface area (Å²) in [6.07, 6.45) is 32.9. The number of aliphatic hydroxyl groups is 2. The molecule has 0 amide bonds. The summed E-state index contributed by atoms with van der Waals surface area (Å²) in [6.45, 7) is 8.62. The molecule has 31 nitrogen and oxygen atoms in total. The molecule has 105 heavy (non-hydrogen) atoms. The van der Waals surface area contributed by atoms with Crippen LogP contribution >= 0.6 is 0 Å².